The van der Waals surface area contributed by atoms with E-state index in [0.717, 1.165) is 11.4 Å². The maximum atomic E-state index is 6.00. The van der Waals surface area contributed by atoms with Crippen molar-refractivity contribution in [2.45, 2.75) is 13.8 Å². The zero-order valence-electron chi connectivity index (χ0n) is 12.2. The van der Waals surface area contributed by atoms with Crippen LogP contribution in [0.5, 0.6) is 5.75 Å². The summed E-state index contributed by atoms with van der Waals surface area (Å²) in [5.74, 6) is 0.685. The molecule has 0 spiro atoms. The van der Waals surface area contributed by atoms with E-state index in [1.807, 2.05) is 12.1 Å². The van der Waals surface area contributed by atoms with Crippen molar-refractivity contribution in [3.05, 3.63) is 52.5 Å². The monoisotopic (exact) mass is 320 g/mol. The molecule has 0 heterocycles. The van der Waals surface area contributed by atoms with Gasteiger partial charge in [-0.25, -0.2) is 0 Å². The molecule has 2 N–H and O–H groups in total. The highest BCUT2D eigenvalue weighted by Crippen LogP contribution is 2.28. The van der Waals surface area contributed by atoms with E-state index in [1.54, 1.807) is 25.3 Å². The van der Waals surface area contributed by atoms with Crippen molar-refractivity contribution in [3.8, 4) is 5.75 Å². The summed E-state index contributed by atoms with van der Waals surface area (Å²) >= 11 is 11.4. The minimum atomic E-state index is 0.490. The molecule has 0 radical (unpaired) electrons. The standard InChI is InChI=1S/C16H17ClN2OS/c1-10-5-4-6-13(11(10)2)18-16(21)19-14-9-12(17)7-8-15(14)20-3/h4-9H,1-3H3,(H2,18,19,21). The number of rotatable bonds is 3. The van der Waals surface area contributed by atoms with Crippen LogP contribution in [0.4, 0.5) is 11.4 Å². The second-order valence-electron chi connectivity index (χ2n) is 4.67. The van der Waals surface area contributed by atoms with Gasteiger partial charge in [0.1, 0.15) is 5.75 Å². The normalized spacial score (nSPS) is 10.1. The first-order valence-corrected chi connectivity index (χ1v) is 7.27. The Balaban J connectivity index is 2.15. The first kappa shape index (κ1) is 15.6. The molecule has 0 aliphatic rings. The molecule has 0 aliphatic carbocycles. The first-order valence-electron chi connectivity index (χ1n) is 6.49. The summed E-state index contributed by atoms with van der Waals surface area (Å²) in [5.41, 5.74) is 4.09. The summed E-state index contributed by atoms with van der Waals surface area (Å²) in [7, 11) is 1.61. The number of methoxy groups -OCH3 is 1. The van der Waals surface area contributed by atoms with E-state index in [9.17, 15) is 0 Å². The molecular formula is C16H17ClN2OS. The van der Waals surface area contributed by atoms with Gasteiger partial charge in [-0.3, -0.25) is 0 Å². The lowest BCUT2D eigenvalue weighted by atomic mass is 10.1. The SMILES string of the molecule is COc1ccc(Cl)cc1NC(=S)Nc1cccc(C)c1C. The van der Waals surface area contributed by atoms with Gasteiger partial charge >= 0.3 is 0 Å². The van der Waals surface area contributed by atoms with E-state index in [4.69, 9.17) is 28.6 Å². The van der Waals surface area contributed by atoms with Gasteiger partial charge in [-0.2, -0.15) is 0 Å². The molecule has 2 rings (SSSR count). The fraction of sp³-hybridized carbons (Fsp3) is 0.188. The topological polar surface area (TPSA) is 33.3 Å². The number of halogens is 1. The Hall–Kier alpha value is -1.78. The number of thiocarbonyl (C=S) groups is 1. The van der Waals surface area contributed by atoms with Gasteiger partial charge in [0.05, 0.1) is 12.8 Å². The van der Waals surface area contributed by atoms with Crippen molar-refractivity contribution in [2.24, 2.45) is 0 Å². The number of hydrogen-bond donors (Lipinski definition) is 2. The van der Waals surface area contributed by atoms with Gasteiger partial charge in [-0.1, -0.05) is 23.7 Å². The molecule has 0 fully saturated rings. The fourth-order valence-electron chi connectivity index (χ4n) is 1.94. The summed E-state index contributed by atoms with van der Waals surface area (Å²) in [5, 5.41) is 7.41. The molecule has 0 amide bonds. The zero-order chi connectivity index (χ0) is 15.4. The van der Waals surface area contributed by atoms with Crippen LogP contribution in [-0.2, 0) is 0 Å². The van der Waals surface area contributed by atoms with Crippen molar-refractivity contribution >= 4 is 40.3 Å². The Morgan fingerprint density at radius 1 is 1.10 bits per heavy atom. The molecule has 0 aromatic heterocycles. The Morgan fingerprint density at radius 2 is 1.81 bits per heavy atom. The zero-order valence-corrected chi connectivity index (χ0v) is 13.7. The first-order chi connectivity index (χ1) is 10.0. The summed E-state index contributed by atoms with van der Waals surface area (Å²) in [6.45, 7) is 4.12. The summed E-state index contributed by atoms with van der Waals surface area (Å²) in [6, 6.07) is 11.4. The number of aryl methyl sites for hydroxylation is 1. The molecule has 5 heteroatoms. The van der Waals surface area contributed by atoms with Gasteiger partial charge in [0, 0.05) is 10.7 Å². The van der Waals surface area contributed by atoms with Crippen LogP contribution < -0.4 is 15.4 Å². The Labute approximate surface area is 135 Å². The number of anilines is 2. The largest absolute Gasteiger partial charge is 0.495 e. The van der Waals surface area contributed by atoms with Crippen LogP contribution >= 0.6 is 23.8 Å². The Morgan fingerprint density at radius 3 is 2.52 bits per heavy atom. The smallest absolute Gasteiger partial charge is 0.175 e. The molecule has 0 atom stereocenters. The Bertz CT molecular complexity index is 673. The van der Waals surface area contributed by atoms with Gasteiger partial charge in [0.25, 0.3) is 0 Å². The fourth-order valence-corrected chi connectivity index (χ4v) is 2.33. The lowest BCUT2D eigenvalue weighted by Crippen LogP contribution is -2.20. The maximum absolute atomic E-state index is 6.00. The van der Waals surface area contributed by atoms with E-state index >= 15 is 0 Å². The van der Waals surface area contributed by atoms with Gasteiger partial charge in [-0.05, 0) is 61.5 Å². The van der Waals surface area contributed by atoms with Crippen LogP contribution in [-0.4, -0.2) is 12.2 Å². The molecule has 2 aromatic rings. The second-order valence-corrected chi connectivity index (χ2v) is 5.52. The molecule has 110 valence electrons. The highest BCUT2D eigenvalue weighted by Gasteiger charge is 2.07. The van der Waals surface area contributed by atoms with Crippen molar-refractivity contribution in [2.75, 3.05) is 17.7 Å². The molecule has 21 heavy (non-hydrogen) atoms. The third-order valence-corrected chi connectivity index (χ3v) is 3.70. The second kappa shape index (κ2) is 6.78. The maximum Gasteiger partial charge on any atom is 0.175 e. The van der Waals surface area contributed by atoms with Crippen LogP contribution in [0.25, 0.3) is 0 Å². The average Bonchev–Trinajstić information content (AvgIpc) is 2.44. The number of hydrogen-bond acceptors (Lipinski definition) is 2. The quantitative estimate of drug-likeness (QED) is 0.798. The van der Waals surface area contributed by atoms with Gasteiger partial charge in [0.15, 0.2) is 5.11 Å². The van der Waals surface area contributed by atoms with Crippen LogP contribution in [0.15, 0.2) is 36.4 Å². The lowest BCUT2D eigenvalue weighted by Gasteiger charge is -2.15. The molecule has 2 aromatic carbocycles. The van der Waals surface area contributed by atoms with E-state index < -0.39 is 0 Å². The highest BCUT2D eigenvalue weighted by molar-refractivity contribution is 7.80. The van der Waals surface area contributed by atoms with Crippen molar-refractivity contribution in [1.82, 2.24) is 0 Å². The predicted octanol–water partition coefficient (Wildman–Crippen LogP) is 4.77. The molecular weight excluding hydrogens is 304 g/mol. The van der Waals surface area contributed by atoms with E-state index in [0.29, 0.717) is 15.9 Å². The molecule has 0 saturated carbocycles. The van der Waals surface area contributed by atoms with Crippen LogP contribution in [0, 0.1) is 13.8 Å². The van der Waals surface area contributed by atoms with E-state index in [1.165, 1.54) is 11.1 Å². The molecule has 0 aliphatic heterocycles. The number of ether oxygens (including phenoxy) is 1. The number of nitrogens with one attached hydrogen (secondary N) is 2. The minimum absolute atomic E-state index is 0.490. The van der Waals surface area contributed by atoms with Crippen molar-refractivity contribution in [3.63, 3.8) is 0 Å². The Kier molecular flexibility index (Phi) is 5.04. The van der Waals surface area contributed by atoms with Crippen molar-refractivity contribution in [1.29, 1.82) is 0 Å². The molecule has 0 saturated heterocycles. The van der Waals surface area contributed by atoms with Gasteiger partial charge < -0.3 is 15.4 Å². The van der Waals surface area contributed by atoms with E-state index in [-0.39, 0.29) is 0 Å². The third kappa shape index (κ3) is 3.86. The summed E-state index contributed by atoms with van der Waals surface area (Å²) in [6.07, 6.45) is 0. The lowest BCUT2D eigenvalue weighted by molar-refractivity contribution is 0.417. The minimum Gasteiger partial charge on any atom is -0.495 e. The summed E-state index contributed by atoms with van der Waals surface area (Å²) in [4.78, 5) is 0. The highest BCUT2D eigenvalue weighted by atomic mass is 35.5. The molecule has 0 unspecified atom stereocenters. The van der Waals surface area contributed by atoms with Crippen LogP contribution in [0.1, 0.15) is 11.1 Å². The van der Waals surface area contributed by atoms with Crippen LogP contribution in [0.2, 0.25) is 5.02 Å². The van der Waals surface area contributed by atoms with Crippen molar-refractivity contribution < 1.29 is 4.74 Å². The van der Waals surface area contributed by atoms with Gasteiger partial charge in [0.2, 0.25) is 0 Å². The van der Waals surface area contributed by atoms with Crippen LogP contribution in [0.3, 0.4) is 0 Å². The molecule has 0 bridgehead atoms. The number of benzene rings is 2. The molecule has 3 nitrogen and oxygen atoms in total. The predicted molar refractivity (Wildman–Crippen MR) is 93.8 cm³/mol. The third-order valence-electron chi connectivity index (χ3n) is 3.26. The average molecular weight is 321 g/mol. The van der Waals surface area contributed by atoms with E-state index in [2.05, 4.69) is 30.5 Å². The summed E-state index contributed by atoms with van der Waals surface area (Å²) < 4.78 is 5.29. The van der Waals surface area contributed by atoms with Gasteiger partial charge in [-0.15, -0.1) is 0 Å².